The molecule has 0 spiro atoms. The molecule has 22 heavy (non-hydrogen) atoms. The lowest BCUT2D eigenvalue weighted by Crippen LogP contribution is -2.48. The minimum atomic E-state index is -1.04. The number of hydrogen-bond donors (Lipinski definition) is 0. The minimum absolute atomic E-state index is 0.00106. The zero-order chi connectivity index (χ0) is 15.4. The van der Waals surface area contributed by atoms with Gasteiger partial charge in [-0.3, -0.25) is 4.79 Å². The first-order valence-electron chi connectivity index (χ1n) is 8.19. The Morgan fingerprint density at radius 2 is 1.82 bits per heavy atom. The highest BCUT2D eigenvalue weighted by molar-refractivity contribution is 6.00. The molecular formula is C18H20NO3-. The first kappa shape index (κ1) is 13.8. The van der Waals surface area contributed by atoms with Crippen LogP contribution in [0.3, 0.4) is 0 Å². The van der Waals surface area contributed by atoms with Crippen LogP contribution in [0.25, 0.3) is 0 Å². The second-order valence-corrected chi connectivity index (χ2v) is 7.09. The number of hydrogen-bond acceptors (Lipinski definition) is 3. The Kier molecular flexibility index (Phi) is 3.03. The van der Waals surface area contributed by atoms with Crippen LogP contribution in [0.5, 0.6) is 0 Å². The third-order valence-electron chi connectivity index (χ3n) is 5.92. The maximum atomic E-state index is 13.2. The molecule has 2 aliphatic carbocycles. The summed E-state index contributed by atoms with van der Waals surface area (Å²) in [7, 11) is 0. The number of anilines is 1. The van der Waals surface area contributed by atoms with Gasteiger partial charge in [-0.1, -0.05) is 18.2 Å². The monoisotopic (exact) mass is 298 g/mol. The lowest BCUT2D eigenvalue weighted by molar-refractivity contribution is -0.314. The molecule has 0 radical (unpaired) electrons. The maximum Gasteiger partial charge on any atom is 0.231 e. The highest BCUT2D eigenvalue weighted by Crippen LogP contribution is 2.53. The number of carboxylic acid groups (broad SMARTS) is 1. The number of carbonyl (C=O) groups excluding carboxylic acids is 2. The first-order valence-corrected chi connectivity index (χ1v) is 8.19. The van der Waals surface area contributed by atoms with Crippen molar-refractivity contribution in [1.82, 2.24) is 0 Å². The van der Waals surface area contributed by atoms with Gasteiger partial charge in [-0.2, -0.15) is 0 Å². The second kappa shape index (κ2) is 4.83. The van der Waals surface area contributed by atoms with Crippen LogP contribution < -0.4 is 10.0 Å². The fraction of sp³-hybridized carbons (Fsp3) is 0.556. The van der Waals surface area contributed by atoms with Crippen LogP contribution in [0.15, 0.2) is 24.3 Å². The summed E-state index contributed by atoms with van der Waals surface area (Å²) in [6, 6.07) is 8.05. The van der Waals surface area contributed by atoms with Crippen molar-refractivity contribution in [1.29, 1.82) is 0 Å². The summed E-state index contributed by atoms with van der Waals surface area (Å²) in [6.07, 6.45) is 3.63. The first-order chi connectivity index (χ1) is 10.6. The van der Waals surface area contributed by atoms with Crippen LogP contribution in [0, 0.1) is 23.7 Å². The van der Waals surface area contributed by atoms with E-state index in [2.05, 4.69) is 6.07 Å². The molecule has 4 heteroatoms. The van der Waals surface area contributed by atoms with Gasteiger partial charge in [0, 0.05) is 29.5 Å². The third kappa shape index (κ3) is 1.82. The number of nitrogens with zero attached hydrogens (tertiary/aromatic N) is 1. The number of benzene rings is 1. The molecule has 0 N–H and O–H groups in total. The Bertz CT molecular complexity index is 641. The fourth-order valence-electron chi connectivity index (χ4n) is 5.05. The van der Waals surface area contributed by atoms with Gasteiger partial charge in [0.25, 0.3) is 0 Å². The molecule has 1 amide bonds. The van der Waals surface area contributed by atoms with E-state index >= 15 is 0 Å². The molecule has 2 bridgehead atoms. The average Bonchev–Trinajstić information content (AvgIpc) is 3.17. The fourth-order valence-corrected chi connectivity index (χ4v) is 5.05. The van der Waals surface area contributed by atoms with Gasteiger partial charge >= 0.3 is 0 Å². The largest absolute Gasteiger partial charge is 0.550 e. The molecule has 2 fully saturated rings. The van der Waals surface area contributed by atoms with Crippen LogP contribution in [-0.4, -0.2) is 17.9 Å². The van der Waals surface area contributed by atoms with Crippen LogP contribution in [0.1, 0.15) is 31.7 Å². The van der Waals surface area contributed by atoms with Gasteiger partial charge in [0.05, 0.1) is 0 Å². The van der Waals surface area contributed by atoms with Crippen LogP contribution >= 0.6 is 0 Å². The van der Waals surface area contributed by atoms with E-state index in [9.17, 15) is 14.7 Å². The van der Waals surface area contributed by atoms with E-state index in [-0.39, 0.29) is 23.8 Å². The topological polar surface area (TPSA) is 60.4 Å². The van der Waals surface area contributed by atoms with Crippen molar-refractivity contribution in [3.8, 4) is 0 Å². The second-order valence-electron chi connectivity index (χ2n) is 7.09. The lowest BCUT2D eigenvalue weighted by atomic mass is 9.78. The van der Waals surface area contributed by atoms with Crippen molar-refractivity contribution in [2.75, 3.05) is 4.90 Å². The number of amides is 1. The Morgan fingerprint density at radius 3 is 2.55 bits per heavy atom. The molecule has 3 aliphatic rings. The quantitative estimate of drug-likeness (QED) is 0.828. The number of rotatable bonds is 2. The zero-order valence-electron chi connectivity index (χ0n) is 12.7. The summed E-state index contributed by atoms with van der Waals surface area (Å²) >= 11 is 0. The predicted octanol–water partition coefficient (Wildman–Crippen LogP) is 1.38. The third-order valence-corrected chi connectivity index (χ3v) is 5.92. The molecule has 5 atom stereocenters. The Balaban J connectivity index is 1.68. The lowest BCUT2D eigenvalue weighted by Gasteiger charge is -2.35. The highest BCUT2D eigenvalue weighted by atomic mass is 16.4. The predicted molar refractivity (Wildman–Crippen MR) is 79.9 cm³/mol. The number of carboxylic acids is 1. The zero-order valence-corrected chi connectivity index (χ0v) is 12.7. The van der Waals surface area contributed by atoms with E-state index in [0.29, 0.717) is 0 Å². The van der Waals surface area contributed by atoms with Crippen LogP contribution in [0.2, 0.25) is 0 Å². The van der Waals surface area contributed by atoms with Crippen molar-refractivity contribution in [3.05, 3.63) is 29.8 Å². The Hall–Kier alpha value is -1.84. The van der Waals surface area contributed by atoms with Crippen molar-refractivity contribution in [3.63, 3.8) is 0 Å². The standard InChI is InChI=1S/C18H21NO3/c1-10-8-11-4-2-3-5-14(11)19(10)17(20)15-12-6-7-13(9-12)16(15)18(21)22/h2-5,10,12-13,15-16H,6-9H2,1H3,(H,21,22)/p-1/t10-,12+,13-,15-,16-/m0/s1. The Labute approximate surface area is 130 Å². The SMILES string of the molecule is C[C@H]1Cc2ccccc2N1C(=O)[C@H]1[C@@H]2CC[C@@H](C2)[C@@H]1C(=O)[O-]. The van der Waals surface area contributed by atoms with Gasteiger partial charge in [0.2, 0.25) is 5.91 Å². The van der Waals surface area contributed by atoms with Gasteiger partial charge in [-0.05, 0) is 56.1 Å². The molecule has 1 aromatic rings. The van der Waals surface area contributed by atoms with E-state index in [4.69, 9.17) is 0 Å². The van der Waals surface area contributed by atoms with Gasteiger partial charge in [0.1, 0.15) is 0 Å². The molecule has 0 aromatic heterocycles. The molecule has 116 valence electrons. The Morgan fingerprint density at radius 1 is 1.14 bits per heavy atom. The van der Waals surface area contributed by atoms with Gasteiger partial charge in [-0.25, -0.2) is 0 Å². The molecule has 0 unspecified atom stereocenters. The van der Waals surface area contributed by atoms with Gasteiger partial charge < -0.3 is 14.8 Å². The summed E-state index contributed by atoms with van der Waals surface area (Å²) < 4.78 is 0. The summed E-state index contributed by atoms with van der Waals surface area (Å²) in [4.78, 5) is 26.6. The molecule has 4 nitrogen and oxygen atoms in total. The van der Waals surface area contributed by atoms with Crippen molar-refractivity contribution >= 4 is 17.6 Å². The molecular weight excluding hydrogens is 278 g/mol. The summed E-state index contributed by atoms with van der Waals surface area (Å²) in [5, 5.41) is 11.6. The average molecular weight is 298 g/mol. The van der Waals surface area contributed by atoms with E-state index in [0.717, 1.165) is 31.4 Å². The molecule has 1 heterocycles. The number of carbonyl (C=O) groups is 2. The molecule has 0 saturated heterocycles. The molecule has 1 aromatic carbocycles. The van der Waals surface area contributed by atoms with Crippen molar-refractivity contribution in [2.45, 2.75) is 38.6 Å². The maximum absolute atomic E-state index is 13.2. The number of para-hydroxylation sites is 1. The molecule has 1 aliphatic heterocycles. The van der Waals surface area contributed by atoms with E-state index < -0.39 is 17.8 Å². The number of fused-ring (bicyclic) bond motifs is 3. The minimum Gasteiger partial charge on any atom is -0.550 e. The van der Waals surface area contributed by atoms with Crippen molar-refractivity contribution < 1.29 is 14.7 Å². The molecule has 4 rings (SSSR count). The van der Waals surface area contributed by atoms with Gasteiger partial charge in [-0.15, -0.1) is 0 Å². The highest BCUT2D eigenvalue weighted by Gasteiger charge is 2.53. The molecule has 2 saturated carbocycles. The smallest absolute Gasteiger partial charge is 0.231 e. The summed E-state index contributed by atoms with van der Waals surface area (Å²) in [5.41, 5.74) is 2.14. The summed E-state index contributed by atoms with van der Waals surface area (Å²) in [6.45, 7) is 2.04. The van der Waals surface area contributed by atoms with E-state index in [1.54, 1.807) is 0 Å². The summed E-state index contributed by atoms with van der Waals surface area (Å²) in [5.74, 6) is -1.66. The van der Waals surface area contributed by atoms with Gasteiger partial charge in [0.15, 0.2) is 0 Å². The van der Waals surface area contributed by atoms with Crippen molar-refractivity contribution in [2.24, 2.45) is 23.7 Å². The van der Waals surface area contributed by atoms with Crippen LogP contribution in [-0.2, 0) is 16.0 Å². The number of aliphatic carboxylic acids is 1. The normalized spacial score (nSPS) is 35.7. The van der Waals surface area contributed by atoms with E-state index in [1.807, 2.05) is 30.0 Å². The van der Waals surface area contributed by atoms with Crippen LogP contribution in [0.4, 0.5) is 5.69 Å². The van der Waals surface area contributed by atoms with E-state index in [1.165, 1.54) is 5.56 Å².